The number of esters is 1. The van der Waals surface area contributed by atoms with Crippen LogP contribution in [0, 0.1) is 5.92 Å². The van der Waals surface area contributed by atoms with Crippen LogP contribution in [-0.2, 0) is 9.53 Å². The van der Waals surface area contributed by atoms with Gasteiger partial charge in [-0.3, -0.25) is 0 Å². The standard InChI is InChI=1S/C19H24O3/c1-3-4-10-22-19(21)17-13-16(14(2)11-18(17)20)12-15-8-6-5-7-9-15/h5-9,12,14,20H,3-4,10-11,13H2,1-2H3/b16-12-. The molecule has 1 aromatic carbocycles. The van der Waals surface area contributed by atoms with Crippen molar-refractivity contribution in [2.45, 2.75) is 39.5 Å². The highest BCUT2D eigenvalue weighted by molar-refractivity contribution is 5.90. The minimum atomic E-state index is -0.378. The first-order valence-corrected chi connectivity index (χ1v) is 7.95. The zero-order valence-corrected chi connectivity index (χ0v) is 13.3. The summed E-state index contributed by atoms with van der Waals surface area (Å²) in [6.07, 6.45) is 4.90. The van der Waals surface area contributed by atoms with Crippen molar-refractivity contribution in [2.75, 3.05) is 6.61 Å². The van der Waals surface area contributed by atoms with Gasteiger partial charge in [0.15, 0.2) is 0 Å². The van der Waals surface area contributed by atoms with E-state index >= 15 is 0 Å². The molecule has 0 heterocycles. The quantitative estimate of drug-likeness (QED) is 0.635. The zero-order valence-electron chi connectivity index (χ0n) is 13.3. The Bertz CT molecular complexity index is 570. The van der Waals surface area contributed by atoms with E-state index in [9.17, 15) is 9.90 Å². The lowest BCUT2D eigenvalue weighted by Crippen LogP contribution is -2.18. The van der Waals surface area contributed by atoms with Gasteiger partial charge in [0.25, 0.3) is 0 Å². The van der Waals surface area contributed by atoms with Gasteiger partial charge in [0.1, 0.15) is 5.76 Å². The second-order valence-electron chi connectivity index (χ2n) is 5.83. The van der Waals surface area contributed by atoms with Crippen molar-refractivity contribution in [1.29, 1.82) is 0 Å². The molecule has 0 saturated carbocycles. The number of carbonyl (C=O) groups is 1. The number of allylic oxidation sites excluding steroid dienone is 2. The summed E-state index contributed by atoms with van der Waals surface area (Å²) in [6, 6.07) is 10.0. The summed E-state index contributed by atoms with van der Waals surface area (Å²) in [6.45, 7) is 4.54. The number of unbranched alkanes of at least 4 members (excludes halogenated alkanes) is 1. The summed E-state index contributed by atoms with van der Waals surface area (Å²) in [7, 11) is 0. The number of aliphatic hydroxyl groups is 1. The Morgan fingerprint density at radius 3 is 2.77 bits per heavy atom. The number of hydrogen-bond donors (Lipinski definition) is 1. The summed E-state index contributed by atoms with van der Waals surface area (Å²) in [5.41, 5.74) is 2.69. The molecule has 3 heteroatoms. The molecule has 0 bridgehead atoms. The maximum absolute atomic E-state index is 12.1. The second-order valence-corrected chi connectivity index (χ2v) is 5.83. The smallest absolute Gasteiger partial charge is 0.337 e. The van der Waals surface area contributed by atoms with Crippen molar-refractivity contribution in [3.63, 3.8) is 0 Å². The van der Waals surface area contributed by atoms with Crippen molar-refractivity contribution < 1.29 is 14.6 Å². The molecule has 0 spiro atoms. The van der Waals surface area contributed by atoms with Crippen LogP contribution in [0.1, 0.15) is 45.1 Å². The predicted molar refractivity (Wildman–Crippen MR) is 88.3 cm³/mol. The van der Waals surface area contributed by atoms with Gasteiger partial charge < -0.3 is 9.84 Å². The van der Waals surface area contributed by atoms with E-state index in [0.717, 1.165) is 24.0 Å². The van der Waals surface area contributed by atoms with Gasteiger partial charge in [-0.05, 0) is 17.9 Å². The SMILES string of the molecule is CCCCOC(=O)C1=C(O)CC(C)/C(=C\c2ccccc2)C1. The van der Waals surface area contributed by atoms with Crippen molar-refractivity contribution in [2.24, 2.45) is 5.92 Å². The van der Waals surface area contributed by atoms with Gasteiger partial charge in [-0.15, -0.1) is 0 Å². The minimum absolute atomic E-state index is 0.180. The molecule has 0 aliphatic heterocycles. The van der Waals surface area contributed by atoms with Crippen LogP contribution in [0.5, 0.6) is 0 Å². The van der Waals surface area contributed by atoms with Crippen LogP contribution in [0.3, 0.4) is 0 Å². The molecule has 22 heavy (non-hydrogen) atoms. The Kier molecular flexibility index (Phi) is 5.82. The lowest BCUT2D eigenvalue weighted by Gasteiger charge is -2.24. The molecule has 0 saturated heterocycles. The first kappa shape index (κ1) is 16.3. The summed E-state index contributed by atoms with van der Waals surface area (Å²) in [5, 5.41) is 10.1. The Morgan fingerprint density at radius 2 is 2.09 bits per heavy atom. The van der Waals surface area contributed by atoms with Gasteiger partial charge in [-0.2, -0.15) is 0 Å². The summed E-state index contributed by atoms with van der Waals surface area (Å²) < 4.78 is 5.24. The van der Waals surface area contributed by atoms with Gasteiger partial charge >= 0.3 is 5.97 Å². The Hall–Kier alpha value is -2.03. The molecule has 1 N–H and O–H groups in total. The molecule has 3 nitrogen and oxygen atoms in total. The van der Waals surface area contributed by atoms with Crippen LogP contribution in [0.25, 0.3) is 6.08 Å². The summed E-state index contributed by atoms with van der Waals surface area (Å²) in [4.78, 5) is 12.1. The van der Waals surface area contributed by atoms with Crippen LogP contribution in [0.2, 0.25) is 0 Å². The molecule has 2 rings (SSSR count). The molecule has 118 valence electrons. The number of hydrogen-bond acceptors (Lipinski definition) is 3. The Labute approximate surface area is 132 Å². The lowest BCUT2D eigenvalue weighted by atomic mass is 9.83. The van der Waals surface area contributed by atoms with E-state index in [0.29, 0.717) is 25.0 Å². The van der Waals surface area contributed by atoms with E-state index in [1.807, 2.05) is 37.3 Å². The van der Waals surface area contributed by atoms with E-state index in [1.165, 1.54) is 0 Å². The fourth-order valence-corrected chi connectivity index (χ4v) is 2.57. The third-order valence-electron chi connectivity index (χ3n) is 3.99. The maximum Gasteiger partial charge on any atom is 0.337 e. The normalized spacial score (nSPS) is 20.3. The number of benzene rings is 1. The van der Waals surface area contributed by atoms with E-state index in [2.05, 4.69) is 13.0 Å². The molecule has 1 aromatic rings. The van der Waals surface area contributed by atoms with Crippen LogP contribution in [0.4, 0.5) is 0 Å². The first-order chi connectivity index (χ1) is 10.6. The monoisotopic (exact) mass is 300 g/mol. The molecule has 1 aliphatic carbocycles. The largest absolute Gasteiger partial charge is 0.512 e. The van der Waals surface area contributed by atoms with Gasteiger partial charge in [0, 0.05) is 12.8 Å². The van der Waals surface area contributed by atoms with Crippen molar-refractivity contribution in [3.05, 3.63) is 52.8 Å². The molecular formula is C19H24O3. The van der Waals surface area contributed by atoms with Crippen molar-refractivity contribution in [1.82, 2.24) is 0 Å². The molecule has 1 atom stereocenters. The van der Waals surface area contributed by atoms with E-state index in [4.69, 9.17) is 4.74 Å². The van der Waals surface area contributed by atoms with E-state index in [-0.39, 0.29) is 17.6 Å². The van der Waals surface area contributed by atoms with E-state index < -0.39 is 0 Å². The molecule has 1 aliphatic rings. The first-order valence-electron chi connectivity index (χ1n) is 7.95. The van der Waals surface area contributed by atoms with Crippen LogP contribution < -0.4 is 0 Å². The summed E-state index contributed by atoms with van der Waals surface area (Å²) >= 11 is 0. The zero-order chi connectivity index (χ0) is 15.9. The van der Waals surface area contributed by atoms with Crippen molar-refractivity contribution in [3.8, 4) is 0 Å². The van der Waals surface area contributed by atoms with Crippen LogP contribution in [-0.4, -0.2) is 17.7 Å². The highest BCUT2D eigenvalue weighted by atomic mass is 16.5. The fourth-order valence-electron chi connectivity index (χ4n) is 2.57. The highest BCUT2D eigenvalue weighted by Gasteiger charge is 2.27. The third-order valence-corrected chi connectivity index (χ3v) is 3.99. The molecular weight excluding hydrogens is 276 g/mol. The highest BCUT2D eigenvalue weighted by Crippen LogP contribution is 2.34. The van der Waals surface area contributed by atoms with Gasteiger partial charge in [-0.25, -0.2) is 4.79 Å². The number of ether oxygens (including phenoxy) is 1. The number of rotatable bonds is 5. The third kappa shape index (κ3) is 4.23. The predicted octanol–water partition coefficient (Wildman–Crippen LogP) is 4.66. The second kappa shape index (κ2) is 7.83. The topological polar surface area (TPSA) is 46.5 Å². The van der Waals surface area contributed by atoms with Crippen LogP contribution in [0.15, 0.2) is 47.2 Å². The molecule has 0 amide bonds. The minimum Gasteiger partial charge on any atom is -0.512 e. The van der Waals surface area contributed by atoms with Gasteiger partial charge in [-0.1, -0.05) is 62.2 Å². The van der Waals surface area contributed by atoms with Crippen LogP contribution >= 0.6 is 0 Å². The Balaban J connectivity index is 2.13. The lowest BCUT2D eigenvalue weighted by molar-refractivity contribution is -0.139. The molecule has 0 fully saturated rings. The molecule has 0 radical (unpaired) electrons. The maximum atomic E-state index is 12.1. The van der Waals surface area contributed by atoms with Gasteiger partial charge in [0.05, 0.1) is 12.2 Å². The molecule has 0 aromatic heterocycles. The average molecular weight is 300 g/mol. The van der Waals surface area contributed by atoms with Crippen molar-refractivity contribution >= 4 is 12.0 Å². The summed E-state index contributed by atoms with van der Waals surface area (Å²) in [5.74, 6) is 0.0309. The number of carbonyl (C=O) groups excluding carboxylic acids is 1. The molecule has 1 unspecified atom stereocenters. The van der Waals surface area contributed by atoms with E-state index in [1.54, 1.807) is 0 Å². The van der Waals surface area contributed by atoms with Gasteiger partial charge in [0.2, 0.25) is 0 Å². The average Bonchev–Trinajstić information content (AvgIpc) is 2.51. The number of aliphatic hydroxyl groups excluding tert-OH is 1. The fraction of sp³-hybridized carbons (Fsp3) is 0.421. The Morgan fingerprint density at radius 1 is 1.36 bits per heavy atom.